The minimum atomic E-state index is -0.622. The Balaban J connectivity index is 1.91. The van der Waals surface area contributed by atoms with E-state index in [0.717, 1.165) is 36.6 Å². The van der Waals surface area contributed by atoms with Gasteiger partial charge in [-0.15, -0.1) is 0 Å². The van der Waals surface area contributed by atoms with Gasteiger partial charge >= 0.3 is 0 Å². The summed E-state index contributed by atoms with van der Waals surface area (Å²) >= 11 is 1.29. The van der Waals surface area contributed by atoms with Gasteiger partial charge in [-0.2, -0.15) is 4.37 Å². The summed E-state index contributed by atoms with van der Waals surface area (Å²) in [6.45, 7) is 3.50. The Hall–Kier alpha value is -2.26. The van der Waals surface area contributed by atoms with Crippen LogP contribution in [0.5, 0.6) is 0 Å². The highest BCUT2D eigenvalue weighted by Gasteiger charge is 2.21. The van der Waals surface area contributed by atoms with Crippen LogP contribution >= 0.6 is 11.5 Å². The summed E-state index contributed by atoms with van der Waals surface area (Å²) in [6, 6.07) is 2.00. The van der Waals surface area contributed by atoms with E-state index >= 15 is 0 Å². The number of piperidine rings is 1. The molecule has 0 spiro atoms. The van der Waals surface area contributed by atoms with Crippen molar-refractivity contribution in [2.24, 2.45) is 11.5 Å². The lowest BCUT2D eigenvalue weighted by atomic mass is 10.1. The second kappa shape index (κ2) is 6.47. The number of rotatable bonds is 4. The fraction of sp³-hybridized carbons (Fsp3) is 0.429. The van der Waals surface area contributed by atoms with Gasteiger partial charge in [-0.3, -0.25) is 4.79 Å². The van der Waals surface area contributed by atoms with Gasteiger partial charge in [-0.05, 0) is 37.4 Å². The molecule has 1 fully saturated rings. The Kier molecular flexibility index (Phi) is 4.39. The van der Waals surface area contributed by atoms with Crippen molar-refractivity contribution in [3.63, 3.8) is 0 Å². The third-order valence-corrected chi connectivity index (χ3v) is 4.44. The average Bonchev–Trinajstić information content (AvgIpc) is 2.92. The van der Waals surface area contributed by atoms with E-state index in [1.807, 2.05) is 13.0 Å². The molecule has 8 nitrogen and oxygen atoms in total. The molecule has 1 aliphatic rings. The highest BCUT2D eigenvalue weighted by molar-refractivity contribution is 7.10. The number of aromatic nitrogens is 3. The molecule has 0 aromatic carbocycles. The zero-order valence-corrected chi connectivity index (χ0v) is 13.6. The van der Waals surface area contributed by atoms with Gasteiger partial charge in [-0.1, -0.05) is 0 Å². The molecule has 122 valence electrons. The van der Waals surface area contributed by atoms with Gasteiger partial charge in [0.2, 0.25) is 0 Å². The van der Waals surface area contributed by atoms with Crippen LogP contribution in [0.15, 0.2) is 12.3 Å². The van der Waals surface area contributed by atoms with Crippen LogP contribution in [0.25, 0.3) is 0 Å². The molecule has 2 aromatic rings. The molecule has 23 heavy (non-hydrogen) atoms. The van der Waals surface area contributed by atoms with Crippen molar-refractivity contribution in [1.29, 1.82) is 0 Å². The Morgan fingerprint density at radius 1 is 1.52 bits per heavy atom. The van der Waals surface area contributed by atoms with Crippen LogP contribution in [-0.2, 0) is 0 Å². The highest BCUT2D eigenvalue weighted by Crippen LogP contribution is 2.25. The zero-order valence-electron chi connectivity index (χ0n) is 12.8. The van der Waals surface area contributed by atoms with Crippen LogP contribution in [0.1, 0.15) is 29.0 Å². The Bertz CT molecular complexity index is 717. The smallest absolute Gasteiger partial charge is 0.271 e. The molecule has 3 rings (SSSR count). The molecular weight excluding hydrogens is 314 g/mol. The lowest BCUT2D eigenvalue weighted by Gasteiger charge is -2.31. The van der Waals surface area contributed by atoms with Crippen molar-refractivity contribution >= 4 is 34.1 Å². The highest BCUT2D eigenvalue weighted by atomic mass is 32.1. The molecule has 1 atom stereocenters. The molecule has 0 saturated carbocycles. The molecule has 1 saturated heterocycles. The number of carbonyl (C=O) groups is 1. The maximum atomic E-state index is 11.6. The summed E-state index contributed by atoms with van der Waals surface area (Å²) in [5.74, 6) is 0.412. The molecule has 0 radical (unpaired) electrons. The van der Waals surface area contributed by atoms with Crippen LogP contribution in [0.3, 0.4) is 0 Å². The number of hydrogen-bond donors (Lipinski definition) is 3. The Morgan fingerprint density at radius 3 is 3.00 bits per heavy atom. The Morgan fingerprint density at radius 2 is 2.35 bits per heavy atom. The fourth-order valence-corrected chi connectivity index (χ4v) is 3.22. The summed E-state index contributed by atoms with van der Waals surface area (Å²) in [5, 5.41) is 3.87. The first-order valence-electron chi connectivity index (χ1n) is 7.40. The van der Waals surface area contributed by atoms with Crippen molar-refractivity contribution in [2.75, 3.05) is 23.3 Å². The first kappa shape index (κ1) is 15.6. The largest absolute Gasteiger partial charge is 0.364 e. The fourth-order valence-electron chi connectivity index (χ4n) is 2.56. The number of nitrogens with two attached hydrogens (primary N) is 2. The van der Waals surface area contributed by atoms with Gasteiger partial charge in [0.15, 0.2) is 11.5 Å². The quantitative estimate of drug-likeness (QED) is 0.763. The van der Waals surface area contributed by atoms with Crippen molar-refractivity contribution in [3.05, 3.63) is 23.7 Å². The van der Waals surface area contributed by atoms with E-state index in [4.69, 9.17) is 11.5 Å². The minimum absolute atomic E-state index is 0.112. The maximum absolute atomic E-state index is 11.6. The van der Waals surface area contributed by atoms with E-state index in [-0.39, 0.29) is 11.7 Å². The standard InChI is InChI=1S/C14H19N7OS/c1-8-5-11(23-20-8)19-14-12(13(16)22)17-6-10(18-14)21-4-2-3-9(15)7-21/h5-6,9H,2-4,7,15H2,1H3,(H2,16,22)(H,18,19)/t9-/m1/s1. The number of primary amides is 1. The summed E-state index contributed by atoms with van der Waals surface area (Å²) in [4.78, 5) is 22.4. The van der Waals surface area contributed by atoms with Crippen molar-refractivity contribution in [2.45, 2.75) is 25.8 Å². The molecule has 0 bridgehead atoms. The zero-order chi connectivity index (χ0) is 16.4. The van der Waals surface area contributed by atoms with E-state index in [0.29, 0.717) is 11.6 Å². The van der Waals surface area contributed by atoms with Crippen LogP contribution in [0, 0.1) is 6.92 Å². The minimum Gasteiger partial charge on any atom is -0.364 e. The van der Waals surface area contributed by atoms with E-state index in [1.165, 1.54) is 11.5 Å². The van der Waals surface area contributed by atoms with Gasteiger partial charge in [0.1, 0.15) is 10.8 Å². The van der Waals surface area contributed by atoms with Crippen LogP contribution < -0.4 is 21.7 Å². The van der Waals surface area contributed by atoms with Crippen molar-refractivity contribution in [3.8, 4) is 0 Å². The average molecular weight is 333 g/mol. The number of anilines is 3. The molecule has 1 amide bonds. The molecule has 1 aliphatic heterocycles. The molecular formula is C14H19N7OS. The summed E-state index contributed by atoms with van der Waals surface area (Å²) in [7, 11) is 0. The normalized spacial score (nSPS) is 18.0. The third-order valence-electron chi connectivity index (χ3n) is 3.64. The number of hydrogen-bond acceptors (Lipinski definition) is 8. The SMILES string of the molecule is Cc1cc(Nc2nc(N3CCC[C@@H](N)C3)cnc2C(N)=O)sn1. The topological polar surface area (TPSA) is 123 Å². The van der Waals surface area contributed by atoms with Gasteiger partial charge < -0.3 is 21.7 Å². The van der Waals surface area contributed by atoms with Crippen molar-refractivity contribution < 1.29 is 4.79 Å². The van der Waals surface area contributed by atoms with E-state index in [1.54, 1.807) is 6.20 Å². The van der Waals surface area contributed by atoms with E-state index in [9.17, 15) is 4.79 Å². The monoisotopic (exact) mass is 333 g/mol. The third kappa shape index (κ3) is 3.57. The molecule has 0 unspecified atom stereocenters. The van der Waals surface area contributed by atoms with Gasteiger partial charge in [0.05, 0.1) is 11.9 Å². The van der Waals surface area contributed by atoms with E-state index in [2.05, 4.69) is 24.6 Å². The van der Waals surface area contributed by atoms with Crippen LogP contribution in [0.4, 0.5) is 16.6 Å². The first-order chi connectivity index (χ1) is 11.0. The lowest BCUT2D eigenvalue weighted by Crippen LogP contribution is -2.43. The number of aryl methyl sites for hydroxylation is 1. The van der Waals surface area contributed by atoms with Gasteiger partial charge in [0, 0.05) is 19.1 Å². The maximum Gasteiger partial charge on any atom is 0.271 e. The van der Waals surface area contributed by atoms with Gasteiger partial charge in [-0.25, -0.2) is 9.97 Å². The predicted octanol–water partition coefficient (Wildman–Crippen LogP) is 1.01. The molecule has 9 heteroatoms. The number of nitrogens with zero attached hydrogens (tertiary/aromatic N) is 4. The first-order valence-corrected chi connectivity index (χ1v) is 8.18. The second-order valence-corrected chi connectivity index (χ2v) is 6.40. The second-order valence-electron chi connectivity index (χ2n) is 5.60. The van der Waals surface area contributed by atoms with Crippen LogP contribution in [-0.4, -0.2) is 39.4 Å². The molecule has 2 aromatic heterocycles. The number of carbonyl (C=O) groups excluding carboxylic acids is 1. The number of amides is 1. The van der Waals surface area contributed by atoms with Crippen molar-refractivity contribution in [1.82, 2.24) is 14.3 Å². The molecule has 3 heterocycles. The number of nitrogens with one attached hydrogen (secondary N) is 1. The summed E-state index contributed by atoms with van der Waals surface area (Å²) in [6.07, 6.45) is 3.59. The van der Waals surface area contributed by atoms with E-state index < -0.39 is 5.91 Å². The van der Waals surface area contributed by atoms with Crippen LogP contribution in [0.2, 0.25) is 0 Å². The molecule has 0 aliphatic carbocycles. The van der Waals surface area contributed by atoms with Gasteiger partial charge in [0.25, 0.3) is 5.91 Å². The lowest BCUT2D eigenvalue weighted by molar-refractivity contribution is 0.0996. The molecule has 5 N–H and O–H groups in total. The predicted molar refractivity (Wildman–Crippen MR) is 90.1 cm³/mol. The summed E-state index contributed by atoms with van der Waals surface area (Å²) < 4.78 is 4.20. The summed E-state index contributed by atoms with van der Waals surface area (Å²) in [5.41, 5.74) is 12.4. The Labute approximate surface area is 138 Å².